The van der Waals surface area contributed by atoms with E-state index in [2.05, 4.69) is 10.2 Å². The summed E-state index contributed by atoms with van der Waals surface area (Å²) >= 11 is 0. The van der Waals surface area contributed by atoms with E-state index in [0.29, 0.717) is 19.1 Å². The molecule has 0 N–H and O–H groups in total. The molecule has 0 aromatic carbocycles. The van der Waals surface area contributed by atoms with Gasteiger partial charge in [0, 0.05) is 6.92 Å². The van der Waals surface area contributed by atoms with Crippen LogP contribution in [0.25, 0.3) is 0 Å². The van der Waals surface area contributed by atoms with Gasteiger partial charge in [0.15, 0.2) is 0 Å². The molecule has 0 aliphatic heterocycles. The molecule has 0 amide bonds. The highest BCUT2D eigenvalue weighted by Crippen LogP contribution is 2.50. The Bertz CT molecular complexity index is 342. The summed E-state index contributed by atoms with van der Waals surface area (Å²) in [6, 6.07) is 0. The minimum absolute atomic E-state index is 0.0233. The van der Waals surface area contributed by atoms with Gasteiger partial charge in [-0.25, -0.2) is 0 Å². The third kappa shape index (κ3) is 3.74. The topological polar surface area (TPSA) is 74.5 Å². The van der Waals surface area contributed by atoms with Crippen LogP contribution in [0.5, 0.6) is 0 Å². The highest BCUT2D eigenvalue weighted by atomic mass is 31.2. The number of hydrogen-bond acceptors (Lipinski definition) is 6. The van der Waals surface area contributed by atoms with Gasteiger partial charge in [-0.2, -0.15) is 0 Å². The summed E-state index contributed by atoms with van der Waals surface area (Å²) in [6.45, 7) is 5.83. The van der Waals surface area contributed by atoms with E-state index in [4.69, 9.17) is 13.5 Å². The smallest absolute Gasteiger partial charge is 0.339 e. The lowest BCUT2D eigenvalue weighted by Gasteiger charge is -2.14. The van der Waals surface area contributed by atoms with E-state index in [-0.39, 0.29) is 12.1 Å². The maximum atomic E-state index is 12.0. The Balaban J connectivity index is 2.70. The first-order valence-corrected chi connectivity index (χ1v) is 6.49. The van der Waals surface area contributed by atoms with Gasteiger partial charge in [-0.05, 0) is 13.8 Å². The van der Waals surface area contributed by atoms with Crippen molar-refractivity contribution in [3.8, 4) is 0 Å². The molecule has 1 aromatic rings. The summed E-state index contributed by atoms with van der Waals surface area (Å²) in [5, 5.41) is 7.39. The van der Waals surface area contributed by atoms with Crippen LogP contribution in [0, 0.1) is 6.92 Å². The van der Waals surface area contributed by atoms with Crippen molar-refractivity contribution in [3.05, 3.63) is 11.8 Å². The zero-order chi connectivity index (χ0) is 11.3. The number of nitrogens with zero attached hydrogens (tertiary/aromatic N) is 2. The molecule has 0 spiro atoms. The van der Waals surface area contributed by atoms with Gasteiger partial charge >= 0.3 is 7.60 Å². The summed E-state index contributed by atoms with van der Waals surface area (Å²) in [5.41, 5.74) is 0. The average Bonchev–Trinajstić information content (AvgIpc) is 2.51. The second kappa shape index (κ2) is 5.39. The molecule has 0 bridgehead atoms. The van der Waals surface area contributed by atoms with Gasteiger partial charge < -0.3 is 13.5 Å². The zero-order valence-electron chi connectivity index (χ0n) is 9.10. The largest absolute Gasteiger partial charge is 0.425 e. The van der Waals surface area contributed by atoms with Crippen LogP contribution in [0.4, 0.5) is 0 Å². The second-order valence-electron chi connectivity index (χ2n) is 2.82. The molecule has 1 heterocycles. The Morgan fingerprint density at radius 3 is 2.27 bits per heavy atom. The van der Waals surface area contributed by atoms with E-state index in [1.165, 1.54) is 0 Å². The van der Waals surface area contributed by atoms with E-state index in [0.717, 1.165) is 0 Å². The van der Waals surface area contributed by atoms with Crippen molar-refractivity contribution in [1.82, 2.24) is 10.2 Å². The molecule has 7 heteroatoms. The standard InChI is InChI=1S/C8H15N2O4P/c1-4-12-15(11,13-5-2)6-8-10-9-7(3)14-8/h4-6H2,1-3H3. The van der Waals surface area contributed by atoms with Crippen molar-refractivity contribution in [2.45, 2.75) is 26.9 Å². The normalized spacial score (nSPS) is 11.9. The van der Waals surface area contributed by atoms with Gasteiger partial charge in [0.25, 0.3) is 0 Å². The molecule has 0 radical (unpaired) electrons. The first-order chi connectivity index (χ1) is 7.09. The molecule has 0 fully saturated rings. The summed E-state index contributed by atoms with van der Waals surface area (Å²) in [7, 11) is -3.12. The van der Waals surface area contributed by atoms with Crippen molar-refractivity contribution >= 4 is 7.60 Å². The molecule has 0 aliphatic rings. The number of rotatable bonds is 6. The highest BCUT2D eigenvalue weighted by molar-refractivity contribution is 7.52. The van der Waals surface area contributed by atoms with Gasteiger partial charge in [-0.3, -0.25) is 4.57 Å². The van der Waals surface area contributed by atoms with Crippen molar-refractivity contribution in [2.24, 2.45) is 0 Å². The van der Waals surface area contributed by atoms with Crippen molar-refractivity contribution in [1.29, 1.82) is 0 Å². The molecule has 1 aromatic heterocycles. The Hall–Kier alpha value is -0.710. The molecule has 0 aliphatic carbocycles. The van der Waals surface area contributed by atoms with Gasteiger partial charge in [0.1, 0.15) is 6.16 Å². The first-order valence-electron chi connectivity index (χ1n) is 4.76. The third-order valence-electron chi connectivity index (χ3n) is 1.55. The molecule has 0 atom stereocenters. The van der Waals surface area contributed by atoms with E-state index < -0.39 is 7.60 Å². The number of hydrogen-bond donors (Lipinski definition) is 0. The van der Waals surface area contributed by atoms with Crippen LogP contribution in [0.3, 0.4) is 0 Å². The zero-order valence-corrected chi connectivity index (χ0v) is 9.99. The molecule has 0 saturated carbocycles. The van der Waals surface area contributed by atoms with E-state index in [1.54, 1.807) is 20.8 Å². The van der Waals surface area contributed by atoms with Crippen molar-refractivity contribution in [3.63, 3.8) is 0 Å². The average molecular weight is 234 g/mol. The lowest BCUT2D eigenvalue weighted by Crippen LogP contribution is -1.99. The van der Waals surface area contributed by atoms with Crippen LogP contribution in [0.2, 0.25) is 0 Å². The fourth-order valence-corrected chi connectivity index (χ4v) is 2.59. The van der Waals surface area contributed by atoms with Gasteiger partial charge in [0.2, 0.25) is 11.8 Å². The summed E-state index contributed by atoms with van der Waals surface area (Å²) < 4.78 is 27.3. The Morgan fingerprint density at radius 2 is 1.87 bits per heavy atom. The first kappa shape index (κ1) is 12.4. The van der Waals surface area contributed by atoms with E-state index in [9.17, 15) is 4.57 Å². The van der Waals surface area contributed by atoms with Gasteiger partial charge in [-0.1, -0.05) is 0 Å². The fourth-order valence-electron chi connectivity index (χ4n) is 1.09. The maximum absolute atomic E-state index is 12.0. The van der Waals surface area contributed by atoms with E-state index >= 15 is 0 Å². The number of aryl methyl sites for hydroxylation is 1. The van der Waals surface area contributed by atoms with Crippen molar-refractivity contribution in [2.75, 3.05) is 13.2 Å². The van der Waals surface area contributed by atoms with Crippen LogP contribution < -0.4 is 0 Å². The molecular weight excluding hydrogens is 219 g/mol. The van der Waals surface area contributed by atoms with Crippen LogP contribution >= 0.6 is 7.60 Å². The third-order valence-corrected chi connectivity index (χ3v) is 3.51. The number of aromatic nitrogens is 2. The second-order valence-corrected chi connectivity index (χ2v) is 4.87. The predicted octanol–water partition coefficient (Wildman–Crippen LogP) is 2.14. The molecular formula is C8H15N2O4P. The monoisotopic (exact) mass is 234 g/mol. The molecule has 1 rings (SSSR count). The Labute approximate surface area is 88.5 Å². The van der Waals surface area contributed by atoms with Crippen LogP contribution in [-0.4, -0.2) is 23.4 Å². The predicted molar refractivity (Wildman–Crippen MR) is 53.6 cm³/mol. The molecule has 0 unspecified atom stereocenters. The Morgan fingerprint density at radius 1 is 1.27 bits per heavy atom. The summed E-state index contributed by atoms with van der Waals surface area (Å²) in [5.74, 6) is 0.710. The molecule has 6 nitrogen and oxygen atoms in total. The molecule has 86 valence electrons. The van der Waals surface area contributed by atoms with Crippen molar-refractivity contribution < 1.29 is 18.0 Å². The molecule has 0 saturated heterocycles. The summed E-state index contributed by atoms with van der Waals surface area (Å²) in [4.78, 5) is 0. The minimum atomic E-state index is -3.12. The highest BCUT2D eigenvalue weighted by Gasteiger charge is 2.27. The maximum Gasteiger partial charge on any atom is 0.339 e. The van der Waals surface area contributed by atoms with Crippen LogP contribution in [0.15, 0.2) is 4.42 Å². The lowest BCUT2D eigenvalue weighted by molar-refractivity contribution is 0.216. The SMILES string of the molecule is CCOP(=O)(Cc1nnc(C)o1)OCC. The van der Waals surface area contributed by atoms with Gasteiger partial charge in [-0.15, -0.1) is 10.2 Å². The van der Waals surface area contributed by atoms with Crippen LogP contribution in [0.1, 0.15) is 25.6 Å². The summed E-state index contributed by atoms with van der Waals surface area (Å²) in [6.07, 6.45) is 0.0233. The fraction of sp³-hybridized carbons (Fsp3) is 0.750. The van der Waals surface area contributed by atoms with Crippen LogP contribution in [-0.2, 0) is 19.8 Å². The lowest BCUT2D eigenvalue weighted by atomic mass is 10.8. The quantitative estimate of drug-likeness (QED) is 0.702. The minimum Gasteiger partial charge on any atom is -0.425 e. The van der Waals surface area contributed by atoms with E-state index in [1.807, 2.05) is 0 Å². The Kier molecular flexibility index (Phi) is 4.45. The molecule has 15 heavy (non-hydrogen) atoms. The van der Waals surface area contributed by atoms with Gasteiger partial charge in [0.05, 0.1) is 13.2 Å².